The molecule has 0 fully saturated rings. The van der Waals surface area contributed by atoms with Crippen LogP contribution in [0.2, 0.25) is 0 Å². The minimum atomic E-state index is 0.179. The second kappa shape index (κ2) is 13.7. The second-order valence-electron chi connectivity index (χ2n) is 14.5. The van der Waals surface area contributed by atoms with Crippen molar-refractivity contribution in [2.75, 3.05) is 0 Å². The van der Waals surface area contributed by atoms with Crippen molar-refractivity contribution in [3.05, 3.63) is 146 Å². The Labute approximate surface area is 276 Å². The molecule has 5 rings (SSSR count). The van der Waals surface area contributed by atoms with Crippen LogP contribution < -0.4 is 0 Å². The number of aliphatic imine (C=N–C) groups is 1. The third-order valence-electron chi connectivity index (χ3n) is 8.66. The predicted molar refractivity (Wildman–Crippen MR) is 200 cm³/mol. The number of aromatic nitrogens is 1. The van der Waals surface area contributed by atoms with Gasteiger partial charge in [0.05, 0.1) is 0 Å². The minimum absolute atomic E-state index is 0.179. The van der Waals surface area contributed by atoms with E-state index in [2.05, 4.69) is 162 Å². The van der Waals surface area contributed by atoms with Crippen LogP contribution in [0.1, 0.15) is 65.0 Å². The normalized spacial score (nSPS) is 12.9. The van der Waals surface area contributed by atoms with Crippen LogP contribution in [0.4, 0.5) is 0 Å². The van der Waals surface area contributed by atoms with Crippen LogP contribution in [0, 0.1) is 10.8 Å². The molecule has 0 aliphatic carbocycles. The van der Waals surface area contributed by atoms with Gasteiger partial charge in [-0.15, -0.1) is 0 Å². The number of hydrogen-bond donors (Lipinski definition) is 0. The van der Waals surface area contributed by atoms with Crippen molar-refractivity contribution in [3.63, 3.8) is 0 Å². The van der Waals surface area contributed by atoms with E-state index in [4.69, 9.17) is 0 Å². The van der Waals surface area contributed by atoms with Crippen LogP contribution in [0.5, 0.6) is 0 Å². The van der Waals surface area contributed by atoms with Crippen molar-refractivity contribution in [1.82, 2.24) is 4.98 Å². The van der Waals surface area contributed by atoms with Crippen molar-refractivity contribution in [2.45, 2.75) is 53.9 Å². The lowest BCUT2D eigenvalue weighted by Crippen LogP contribution is -2.23. The van der Waals surface area contributed by atoms with E-state index in [0.29, 0.717) is 5.92 Å². The fourth-order valence-corrected chi connectivity index (χ4v) is 6.16. The molecular formula is C44H46N2. The number of allylic oxidation sites excluding steroid dienone is 2. The predicted octanol–water partition coefficient (Wildman–Crippen LogP) is 12.5. The van der Waals surface area contributed by atoms with Gasteiger partial charge < -0.3 is 0 Å². The van der Waals surface area contributed by atoms with Crippen LogP contribution >= 0.6 is 0 Å². The Hall–Kier alpha value is -4.82. The molecule has 1 atom stereocenters. The summed E-state index contributed by atoms with van der Waals surface area (Å²) in [5, 5.41) is 0. The highest BCUT2D eigenvalue weighted by molar-refractivity contribution is 5.83. The van der Waals surface area contributed by atoms with Crippen LogP contribution in [-0.4, -0.2) is 11.7 Å². The van der Waals surface area contributed by atoms with Gasteiger partial charge in [0, 0.05) is 18.6 Å². The summed E-state index contributed by atoms with van der Waals surface area (Å²) in [7, 11) is 0. The van der Waals surface area contributed by atoms with Crippen LogP contribution in [-0.2, 0) is 0 Å². The first-order chi connectivity index (χ1) is 21.9. The third-order valence-corrected chi connectivity index (χ3v) is 8.66. The van der Waals surface area contributed by atoms with Gasteiger partial charge in [0.25, 0.3) is 0 Å². The summed E-state index contributed by atoms with van der Waals surface area (Å²) >= 11 is 0. The Morgan fingerprint density at radius 2 is 1.15 bits per heavy atom. The van der Waals surface area contributed by atoms with E-state index < -0.39 is 0 Å². The number of nitrogens with zero attached hydrogens (tertiary/aromatic N) is 2. The Bertz CT molecular complexity index is 1810. The van der Waals surface area contributed by atoms with E-state index in [0.717, 1.165) is 34.2 Å². The van der Waals surface area contributed by atoms with Gasteiger partial charge in [-0.05, 0) is 115 Å². The molecule has 1 aromatic heterocycles. The van der Waals surface area contributed by atoms with E-state index >= 15 is 0 Å². The van der Waals surface area contributed by atoms with Crippen molar-refractivity contribution >= 4 is 12.3 Å². The monoisotopic (exact) mass is 602 g/mol. The lowest BCUT2D eigenvalue weighted by atomic mass is 9.69. The summed E-state index contributed by atoms with van der Waals surface area (Å²) < 4.78 is 0. The fourth-order valence-electron chi connectivity index (χ4n) is 6.16. The summed E-state index contributed by atoms with van der Waals surface area (Å²) in [6, 6.07) is 37.7. The average molecular weight is 603 g/mol. The van der Waals surface area contributed by atoms with Crippen LogP contribution in [0.3, 0.4) is 0 Å². The maximum absolute atomic E-state index is 4.29. The fraction of sp³-hybridized carbons (Fsp3) is 0.227. The molecule has 0 bridgehead atoms. The molecule has 1 heterocycles. The Morgan fingerprint density at radius 3 is 1.57 bits per heavy atom. The minimum Gasteiger partial charge on any atom is -0.272 e. The molecule has 0 N–H and O–H groups in total. The van der Waals surface area contributed by atoms with E-state index in [1.807, 2.05) is 24.5 Å². The van der Waals surface area contributed by atoms with Gasteiger partial charge in [0.15, 0.2) is 0 Å². The molecule has 4 aromatic carbocycles. The van der Waals surface area contributed by atoms with Crippen molar-refractivity contribution < 1.29 is 0 Å². The SMILES string of the molecule is C=C/C(=C\N=C)c1ccc(-c2cc(-c3ccc(-c4cccnc4)cc3)cc(-c3ccc(C(CC(C)(C)C)C(C)(C)C)cc3)c2)cc1. The molecule has 0 amide bonds. The molecule has 232 valence electrons. The lowest BCUT2D eigenvalue weighted by molar-refractivity contribution is 0.229. The molecule has 0 saturated carbocycles. The number of hydrogen-bond acceptors (Lipinski definition) is 2. The van der Waals surface area contributed by atoms with E-state index in [9.17, 15) is 0 Å². The molecule has 5 aromatic rings. The van der Waals surface area contributed by atoms with Gasteiger partial charge in [0.2, 0.25) is 0 Å². The van der Waals surface area contributed by atoms with Gasteiger partial charge >= 0.3 is 0 Å². The molecule has 0 aliphatic rings. The number of pyridine rings is 1. The smallest absolute Gasteiger partial charge is 0.0346 e. The van der Waals surface area contributed by atoms with Crippen molar-refractivity contribution in [3.8, 4) is 44.5 Å². The van der Waals surface area contributed by atoms with E-state index in [1.54, 1.807) is 6.20 Å². The molecule has 2 nitrogen and oxygen atoms in total. The highest BCUT2D eigenvalue weighted by atomic mass is 14.6. The van der Waals surface area contributed by atoms with Gasteiger partial charge in [-0.1, -0.05) is 133 Å². The first kappa shape index (κ1) is 32.6. The maximum Gasteiger partial charge on any atom is 0.0346 e. The van der Waals surface area contributed by atoms with Crippen molar-refractivity contribution in [1.29, 1.82) is 0 Å². The molecule has 0 aliphatic heterocycles. The second-order valence-corrected chi connectivity index (χ2v) is 14.5. The maximum atomic E-state index is 4.29. The zero-order valence-corrected chi connectivity index (χ0v) is 28.2. The Balaban J connectivity index is 1.57. The van der Waals surface area contributed by atoms with E-state index in [-0.39, 0.29) is 10.8 Å². The summed E-state index contributed by atoms with van der Waals surface area (Å²) in [5.74, 6) is 0.478. The van der Waals surface area contributed by atoms with Gasteiger partial charge in [-0.2, -0.15) is 0 Å². The first-order valence-electron chi connectivity index (χ1n) is 16.1. The molecule has 2 heteroatoms. The topological polar surface area (TPSA) is 25.2 Å². The van der Waals surface area contributed by atoms with Crippen molar-refractivity contribution in [2.24, 2.45) is 15.8 Å². The molecule has 0 radical (unpaired) electrons. The molecule has 0 saturated heterocycles. The summed E-state index contributed by atoms with van der Waals surface area (Å²) in [6.07, 6.45) is 8.41. The summed E-state index contributed by atoms with van der Waals surface area (Å²) in [4.78, 5) is 8.24. The number of rotatable bonds is 9. The standard InChI is InChI=1S/C44H46N2/c1-9-31(29-45-8)32-12-16-34(17-13-32)39-25-40(35-18-14-33(15-19-35)38-11-10-24-46-30-38)27-41(26-39)36-20-22-37(23-21-36)42(44(5,6)7)28-43(2,3)4/h9-27,29-30,42H,1,8,28H2,2-7H3/b31-29+. The van der Waals surface area contributed by atoms with E-state index in [1.165, 1.54) is 33.4 Å². The van der Waals surface area contributed by atoms with Gasteiger partial charge in [-0.25, -0.2) is 0 Å². The molecular weight excluding hydrogens is 556 g/mol. The van der Waals surface area contributed by atoms with Gasteiger partial charge in [-0.3, -0.25) is 9.98 Å². The van der Waals surface area contributed by atoms with Crippen LogP contribution in [0.15, 0.2) is 139 Å². The third kappa shape index (κ3) is 7.87. The lowest BCUT2D eigenvalue weighted by Gasteiger charge is -2.36. The van der Waals surface area contributed by atoms with Crippen LogP contribution in [0.25, 0.3) is 50.1 Å². The Morgan fingerprint density at radius 1 is 0.674 bits per heavy atom. The Kier molecular flexibility index (Phi) is 9.68. The summed E-state index contributed by atoms with van der Waals surface area (Å²) in [6.45, 7) is 21.6. The largest absolute Gasteiger partial charge is 0.272 e. The molecule has 46 heavy (non-hydrogen) atoms. The average Bonchev–Trinajstić information content (AvgIpc) is 3.06. The van der Waals surface area contributed by atoms with Gasteiger partial charge in [0.1, 0.15) is 0 Å². The highest BCUT2D eigenvalue weighted by Gasteiger charge is 2.30. The summed E-state index contributed by atoms with van der Waals surface area (Å²) in [5.41, 5.74) is 13.2. The number of benzene rings is 4. The first-order valence-corrected chi connectivity index (χ1v) is 16.1. The molecule has 0 spiro atoms. The zero-order chi connectivity index (χ0) is 32.9. The highest BCUT2D eigenvalue weighted by Crippen LogP contribution is 2.44. The quantitative estimate of drug-likeness (QED) is 0.122. The molecule has 1 unspecified atom stereocenters. The zero-order valence-electron chi connectivity index (χ0n) is 28.2.